The van der Waals surface area contributed by atoms with Gasteiger partial charge in [-0.1, -0.05) is 13.8 Å². The number of hydrogen-bond acceptors (Lipinski definition) is 3. The minimum Gasteiger partial charge on any atom is -0.463 e. The fourth-order valence-corrected chi connectivity index (χ4v) is 2.90. The van der Waals surface area contributed by atoms with Crippen molar-refractivity contribution in [2.75, 3.05) is 13.1 Å². The zero-order chi connectivity index (χ0) is 15.6. The molecule has 0 saturated carbocycles. The Morgan fingerprint density at radius 2 is 2.00 bits per heavy atom. The van der Waals surface area contributed by atoms with Crippen molar-refractivity contribution in [3.8, 4) is 0 Å². The van der Waals surface area contributed by atoms with Crippen LogP contribution in [0.4, 0.5) is 0 Å². The quantitative estimate of drug-likeness (QED) is 0.910. The molecular weight excluding hydrogens is 260 g/mol. The molecule has 21 heavy (non-hydrogen) atoms. The smallest absolute Gasteiger partial charge is 0.120 e. The van der Waals surface area contributed by atoms with E-state index in [0.29, 0.717) is 0 Å². The van der Waals surface area contributed by atoms with Gasteiger partial charge in [0.15, 0.2) is 0 Å². The number of hydrogen-bond donors (Lipinski definition) is 1. The van der Waals surface area contributed by atoms with Crippen molar-refractivity contribution in [2.45, 2.75) is 66.6 Å². The summed E-state index contributed by atoms with van der Waals surface area (Å²) in [4.78, 5) is 2.53. The first-order valence-corrected chi connectivity index (χ1v) is 8.30. The first-order chi connectivity index (χ1) is 9.74. The molecular formula is C18H32N2O. The maximum absolute atomic E-state index is 6.07. The molecule has 1 fully saturated rings. The Bertz CT molecular complexity index is 458. The summed E-state index contributed by atoms with van der Waals surface area (Å²) in [6.07, 6.45) is 1.30. The molecule has 0 spiro atoms. The Labute approximate surface area is 130 Å². The average Bonchev–Trinajstić information content (AvgIpc) is 2.71. The summed E-state index contributed by atoms with van der Waals surface area (Å²) in [6.45, 7) is 17.6. The Hall–Kier alpha value is -0.800. The zero-order valence-corrected chi connectivity index (χ0v) is 14.6. The highest BCUT2D eigenvalue weighted by atomic mass is 16.3. The Kier molecular flexibility index (Phi) is 5.15. The van der Waals surface area contributed by atoms with E-state index in [9.17, 15) is 0 Å². The highest BCUT2D eigenvalue weighted by Gasteiger charge is 2.23. The summed E-state index contributed by atoms with van der Waals surface area (Å²) in [5, 5.41) is 3.50. The van der Waals surface area contributed by atoms with E-state index in [2.05, 4.69) is 57.8 Å². The van der Waals surface area contributed by atoms with E-state index in [4.69, 9.17) is 4.42 Å². The molecule has 3 heteroatoms. The van der Waals surface area contributed by atoms with Crippen LogP contribution < -0.4 is 5.32 Å². The SMILES string of the molecule is Cc1cc(CN2CCC(C)C(C)C2)oc1CNC(C)(C)C. The molecule has 1 saturated heterocycles. The van der Waals surface area contributed by atoms with Gasteiger partial charge in [0, 0.05) is 12.1 Å². The van der Waals surface area contributed by atoms with E-state index >= 15 is 0 Å². The standard InChI is InChI=1S/C18H32N2O/c1-13-7-8-20(11-15(13)3)12-16-9-14(2)17(21-16)10-19-18(4,5)6/h9,13,15,19H,7-8,10-12H2,1-6H3. The molecule has 3 nitrogen and oxygen atoms in total. The Morgan fingerprint density at radius 1 is 1.29 bits per heavy atom. The predicted octanol–water partition coefficient (Wildman–Crippen LogP) is 3.95. The second-order valence-corrected chi connectivity index (χ2v) is 7.90. The Balaban J connectivity index is 1.93. The van der Waals surface area contributed by atoms with Gasteiger partial charge in [0.05, 0.1) is 13.1 Å². The van der Waals surface area contributed by atoms with Gasteiger partial charge in [-0.3, -0.25) is 4.90 Å². The highest BCUT2D eigenvalue weighted by molar-refractivity contribution is 5.20. The third kappa shape index (κ3) is 4.86. The number of aryl methyl sites for hydroxylation is 1. The van der Waals surface area contributed by atoms with Crippen LogP contribution in [0.2, 0.25) is 0 Å². The van der Waals surface area contributed by atoms with Crippen LogP contribution in [0.5, 0.6) is 0 Å². The van der Waals surface area contributed by atoms with Crippen LogP contribution in [-0.4, -0.2) is 23.5 Å². The van der Waals surface area contributed by atoms with Gasteiger partial charge >= 0.3 is 0 Å². The maximum atomic E-state index is 6.07. The lowest BCUT2D eigenvalue weighted by Crippen LogP contribution is -2.37. The van der Waals surface area contributed by atoms with E-state index in [1.54, 1.807) is 0 Å². The highest BCUT2D eigenvalue weighted by Crippen LogP contribution is 2.25. The molecule has 0 radical (unpaired) electrons. The van der Waals surface area contributed by atoms with E-state index in [1.807, 2.05) is 0 Å². The van der Waals surface area contributed by atoms with Crippen LogP contribution in [0.1, 0.15) is 58.1 Å². The van der Waals surface area contributed by atoms with Crippen LogP contribution in [0.25, 0.3) is 0 Å². The average molecular weight is 292 g/mol. The first kappa shape index (κ1) is 16.6. The molecule has 1 aromatic rings. The van der Waals surface area contributed by atoms with Crippen LogP contribution in [0, 0.1) is 18.8 Å². The van der Waals surface area contributed by atoms with Gasteiger partial charge in [-0.25, -0.2) is 0 Å². The number of rotatable bonds is 4. The van der Waals surface area contributed by atoms with Gasteiger partial charge in [-0.05, 0) is 64.1 Å². The van der Waals surface area contributed by atoms with Gasteiger partial charge in [-0.2, -0.15) is 0 Å². The molecule has 2 heterocycles. The summed E-state index contributed by atoms with van der Waals surface area (Å²) >= 11 is 0. The zero-order valence-electron chi connectivity index (χ0n) is 14.6. The molecule has 1 aliphatic heterocycles. The number of likely N-dealkylation sites (tertiary alicyclic amines) is 1. The molecule has 0 bridgehead atoms. The minimum absolute atomic E-state index is 0.123. The number of nitrogens with one attached hydrogen (secondary N) is 1. The van der Waals surface area contributed by atoms with Crippen molar-refractivity contribution in [1.29, 1.82) is 0 Å². The monoisotopic (exact) mass is 292 g/mol. The molecule has 1 aliphatic rings. The lowest BCUT2D eigenvalue weighted by Gasteiger charge is -2.34. The van der Waals surface area contributed by atoms with Gasteiger partial charge in [0.2, 0.25) is 0 Å². The fraction of sp³-hybridized carbons (Fsp3) is 0.778. The summed E-state index contributed by atoms with van der Waals surface area (Å²) in [5.41, 5.74) is 1.39. The van der Waals surface area contributed by atoms with Crippen molar-refractivity contribution in [3.05, 3.63) is 23.2 Å². The number of piperidine rings is 1. The van der Waals surface area contributed by atoms with Crippen LogP contribution >= 0.6 is 0 Å². The van der Waals surface area contributed by atoms with E-state index in [0.717, 1.165) is 36.4 Å². The molecule has 120 valence electrons. The van der Waals surface area contributed by atoms with Crippen molar-refractivity contribution < 1.29 is 4.42 Å². The fourth-order valence-electron chi connectivity index (χ4n) is 2.90. The molecule has 1 aromatic heterocycles. The van der Waals surface area contributed by atoms with Crippen LogP contribution in [0.3, 0.4) is 0 Å². The predicted molar refractivity (Wildman–Crippen MR) is 88.3 cm³/mol. The molecule has 2 rings (SSSR count). The van der Waals surface area contributed by atoms with Crippen LogP contribution in [0.15, 0.2) is 10.5 Å². The van der Waals surface area contributed by atoms with Crippen molar-refractivity contribution in [3.63, 3.8) is 0 Å². The maximum Gasteiger partial charge on any atom is 0.120 e. The third-order valence-electron chi connectivity index (χ3n) is 4.65. The lowest BCUT2D eigenvalue weighted by atomic mass is 9.89. The summed E-state index contributed by atoms with van der Waals surface area (Å²) in [5.74, 6) is 3.83. The van der Waals surface area contributed by atoms with Crippen molar-refractivity contribution in [2.24, 2.45) is 11.8 Å². The minimum atomic E-state index is 0.123. The van der Waals surface area contributed by atoms with Gasteiger partial charge in [0.1, 0.15) is 11.5 Å². The lowest BCUT2D eigenvalue weighted by molar-refractivity contribution is 0.124. The normalized spacial score (nSPS) is 24.5. The summed E-state index contributed by atoms with van der Waals surface area (Å²) < 4.78 is 6.07. The number of furan rings is 1. The Morgan fingerprint density at radius 3 is 2.62 bits per heavy atom. The first-order valence-electron chi connectivity index (χ1n) is 8.30. The topological polar surface area (TPSA) is 28.4 Å². The van der Waals surface area contributed by atoms with E-state index in [-0.39, 0.29) is 5.54 Å². The van der Waals surface area contributed by atoms with E-state index < -0.39 is 0 Å². The molecule has 0 amide bonds. The van der Waals surface area contributed by atoms with Crippen molar-refractivity contribution >= 4 is 0 Å². The molecule has 0 aliphatic carbocycles. The van der Waals surface area contributed by atoms with Crippen molar-refractivity contribution in [1.82, 2.24) is 10.2 Å². The largest absolute Gasteiger partial charge is 0.463 e. The molecule has 2 unspecified atom stereocenters. The molecule has 1 N–H and O–H groups in total. The third-order valence-corrected chi connectivity index (χ3v) is 4.65. The summed E-state index contributed by atoms with van der Waals surface area (Å²) in [6, 6.07) is 2.21. The summed E-state index contributed by atoms with van der Waals surface area (Å²) in [7, 11) is 0. The number of nitrogens with zero attached hydrogens (tertiary/aromatic N) is 1. The van der Waals surface area contributed by atoms with Crippen LogP contribution in [-0.2, 0) is 13.1 Å². The molecule has 0 aromatic carbocycles. The second-order valence-electron chi connectivity index (χ2n) is 7.90. The van der Waals surface area contributed by atoms with Gasteiger partial charge < -0.3 is 9.73 Å². The molecule has 2 atom stereocenters. The van der Waals surface area contributed by atoms with E-state index in [1.165, 1.54) is 25.1 Å². The van der Waals surface area contributed by atoms with Gasteiger partial charge in [0.25, 0.3) is 0 Å². The second kappa shape index (κ2) is 6.53. The van der Waals surface area contributed by atoms with Gasteiger partial charge in [-0.15, -0.1) is 0 Å².